The van der Waals surface area contributed by atoms with E-state index in [1.807, 2.05) is 12.3 Å². The Bertz CT molecular complexity index is 944. The van der Waals surface area contributed by atoms with Crippen molar-refractivity contribution in [3.63, 3.8) is 0 Å². The van der Waals surface area contributed by atoms with Gasteiger partial charge >= 0.3 is 0 Å². The maximum atomic E-state index is 12.1. The fourth-order valence-corrected chi connectivity index (χ4v) is 3.78. The Kier molecular flexibility index (Phi) is 4.72. The van der Waals surface area contributed by atoms with Gasteiger partial charge in [-0.2, -0.15) is 0 Å². The molecule has 1 unspecified atom stereocenters. The third kappa shape index (κ3) is 3.51. The zero-order valence-electron chi connectivity index (χ0n) is 13.4. The second-order valence-corrected chi connectivity index (χ2v) is 7.51. The minimum Gasteiger partial charge on any atom is -0.360 e. The summed E-state index contributed by atoms with van der Waals surface area (Å²) in [5, 5.41) is 8.01. The quantitative estimate of drug-likeness (QED) is 0.748. The molecule has 0 aliphatic carbocycles. The molecule has 0 saturated carbocycles. The third-order valence-electron chi connectivity index (χ3n) is 3.36. The second kappa shape index (κ2) is 6.78. The van der Waals surface area contributed by atoms with Crippen LogP contribution in [0.4, 0.5) is 5.82 Å². The summed E-state index contributed by atoms with van der Waals surface area (Å²) in [6.07, 6.45) is 0. The van der Waals surface area contributed by atoms with Crippen LogP contribution in [-0.2, 0) is 10.5 Å². The van der Waals surface area contributed by atoms with Crippen LogP contribution in [0, 0.1) is 13.8 Å². The predicted molar refractivity (Wildman–Crippen MR) is 94.7 cm³/mol. The average Bonchev–Trinajstić information content (AvgIpc) is 3.11. The van der Waals surface area contributed by atoms with Crippen molar-refractivity contribution < 1.29 is 9.32 Å². The molecule has 0 saturated heterocycles. The zero-order chi connectivity index (χ0) is 17.3. The van der Waals surface area contributed by atoms with Gasteiger partial charge in [-0.05, 0) is 20.8 Å². The fourth-order valence-electron chi connectivity index (χ4n) is 2.11. The molecule has 1 N–H and O–H groups in total. The van der Waals surface area contributed by atoms with Crippen molar-refractivity contribution in [1.29, 1.82) is 0 Å². The van der Waals surface area contributed by atoms with Crippen molar-refractivity contribution in [2.75, 3.05) is 5.32 Å². The SMILES string of the molecule is Cc1cc(NC(=O)C(C)SCc2cc(=O)n3c(C)csc3n2)no1. The Morgan fingerprint density at radius 1 is 1.46 bits per heavy atom. The molecule has 3 aromatic heterocycles. The number of thioether (sulfide) groups is 1. The van der Waals surface area contributed by atoms with Gasteiger partial charge in [-0.1, -0.05) is 5.16 Å². The summed E-state index contributed by atoms with van der Waals surface area (Å²) in [6, 6.07) is 3.18. The summed E-state index contributed by atoms with van der Waals surface area (Å²) in [4.78, 5) is 29.4. The van der Waals surface area contributed by atoms with Crippen LogP contribution in [0.1, 0.15) is 24.1 Å². The van der Waals surface area contributed by atoms with E-state index in [2.05, 4.69) is 15.5 Å². The highest BCUT2D eigenvalue weighted by atomic mass is 32.2. The van der Waals surface area contributed by atoms with Crippen LogP contribution in [0.25, 0.3) is 4.96 Å². The van der Waals surface area contributed by atoms with E-state index < -0.39 is 0 Å². The van der Waals surface area contributed by atoms with E-state index in [1.54, 1.807) is 24.3 Å². The van der Waals surface area contributed by atoms with Gasteiger partial charge < -0.3 is 9.84 Å². The van der Waals surface area contributed by atoms with Gasteiger partial charge in [0, 0.05) is 29.0 Å². The number of nitrogens with zero attached hydrogens (tertiary/aromatic N) is 3. The molecule has 0 spiro atoms. The molecule has 0 aliphatic heterocycles. The Morgan fingerprint density at radius 3 is 2.96 bits per heavy atom. The molecule has 24 heavy (non-hydrogen) atoms. The van der Waals surface area contributed by atoms with Crippen LogP contribution < -0.4 is 10.9 Å². The lowest BCUT2D eigenvalue weighted by molar-refractivity contribution is -0.115. The minimum atomic E-state index is -0.313. The van der Waals surface area contributed by atoms with Crippen molar-refractivity contribution in [3.8, 4) is 0 Å². The van der Waals surface area contributed by atoms with Crippen molar-refractivity contribution >= 4 is 39.8 Å². The summed E-state index contributed by atoms with van der Waals surface area (Å²) in [5.74, 6) is 1.35. The van der Waals surface area contributed by atoms with Crippen molar-refractivity contribution in [1.82, 2.24) is 14.5 Å². The van der Waals surface area contributed by atoms with Gasteiger partial charge in [0.1, 0.15) is 5.76 Å². The lowest BCUT2D eigenvalue weighted by atomic mass is 10.4. The highest BCUT2D eigenvalue weighted by Crippen LogP contribution is 2.19. The first-order valence-corrected chi connectivity index (χ1v) is 9.19. The summed E-state index contributed by atoms with van der Waals surface area (Å²) in [6.45, 7) is 5.43. The molecule has 0 bridgehead atoms. The van der Waals surface area contributed by atoms with Gasteiger partial charge in [0.2, 0.25) is 5.91 Å². The summed E-state index contributed by atoms with van der Waals surface area (Å²) >= 11 is 2.84. The molecule has 9 heteroatoms. The molecule has 3 rings (SSSR count). The maximum Gasteiger partial charge on any atom is 0.258 e. The van der Waals surface area contributed by atoms with Gasteiger partial charge in [0.15, 0.2) is 10.8 Å². The molecule has 0 radical (unpaired) electrons. The summed E-state index contributed by atoms with van der Waals surface area (Å²) in [7, 11) is 0. The van der Waals surface area contributed by atoms with E-state index >= 15 is 0 Å². The Morgan fingerprint density at radius 2 is 2.25 bits per heavy atom. The smallest absolute Gasteiger partial charge is 0.258 e. The monoisotopic (exact) mass is 364 g/mol. The van der Waals surface area contributed by atoms with Gasteiger partial charge in [-0.15, -0.1) is 23.1 Å². The van der Waals surface area contributed by atoms with Crippen LogP contribution in [0.2, 0.25) is 0 Å². The largest absolute Gasteiger partial charge is 0.360 e. The molecule has 126 valence electrons. The number of aryl methyl sites for hydroxylation is 2. The molecule has 1 amide bonds. The van der Waals surface area contributed by atoms with Crippen LogP contribution in [0.5, 0.6) is 0 Å². The van der Waals surface area contributed by atoms with E-state index in [0.717, 1.165) is 5.69 Å². The first-order valence-electron chi connectivity index (χ1n) is 7.26. The molecular weight excluding hydrogens is 348 g/mol. The van der Waals surface area contributed by atoms with Crippen LogP contribution in [-0.4, -0.2) is 25.7 Å². The van der Waals surface area contributed by atoms with Crippen LogP contribution in [0.3, 0.4) is 0 Å². The maximum absolute atomic E-state index is 12.1. The molecular formula is C15H16N4O3S2. The molecule has 0 aliphatic rings. The number of hydrogen-bond acceptors (Lipinski definition) is 7. The number of anilines is 1. The second-order valence-electron chi connectivity index (χ2n) is 5.35. The third-order valence-corrected chi connectivity index (χ3v) is 5.48. The van der Waals surface area contributed by atoms with Gasteiger partial charge in [-0.3, -0.25) is 14.0 Å². The summed E-state index contributed by atoms with van der Waals surface area (Å²) < 4.78 is 6.50. The number of thiazole rings is 1. The first-order chi connectivity index (χ1) is 11.4. The Labute approximate surface area is 146 Å². The number of aromatic nitrogens is 3. The zero-order valence-corrected chi connectivity index (χ0v) is 15.0. The highest BCUT2D eigenvalue weighted by molar-refractivity contribution is 7.99. The molecule has 3 heterocycles. The highest BCUT2D eigenvalue weighted by Gasteiger charge is 2.16. The molecule has 7 nitrogen and oxygen atoms in total. The summed E-state index contributed by atoms with van der Waals surface area (Å²) in [5.41, 5.74) is 1.45. The van der Waals surface area contributed by atoms with E-state index in [1.165, 1.54) is 29.2 Å². The fraction of sp³-hybridized carbons (Fsp3) is 0.333. The number of hydrogen-bond donors (Lipinski definition) is 1. The van der Waals surface area contributed by atoms with Crippen molar-refractivity contribution in [2.45, 2.75) is 31.8 Å². The lowest BCUT2D eigenvalue weighted by Gasteiger charge is -2.10. The number of carbonyl (C=O) groups excluding carboxylic acids is 1. The van der Waals surface area contributed by atoms with Gasteiger partial charge in [0.05, 0.1) is 10.9 Å². The van der Waals surface area contributed by atoms with E-state index in [-0.39, 0.29) is 16.7 Å². The molecule has 0 aromatic carbocycles. The average molecular weight is 364 g/mol. The standard InChI is InChI=1S/C15H16N4O3S2/c1-8-6-24-15-16-11(5-13(20)19(8)15)7-23-10(3)14(21)17-12-4-9(2)22-18-12/h4-6,10H,7H2,1-3H3,(H,17,18,21). The normalized spacial score (nSPS) is 12.5. The number of amides is 1. The molecule has 0 fully saturated rings. The molecule has 3 aromatic rings. The first kappa shape index (κ1) is 16.7. The lowest BCUT2D eigenvalue weighted by Crippen LogP contribution is -2.23. The predicted octanol–water partition coefficient (Wildman–Crippen LogP) is 2.62. The van der Waals surface area contributed by atoms with E-state index in [4.69, 9.17) is 4.52 Å². The van der Waals surface area contributed by atoms with E-state index in [9.17, 15) is 9.59 Å². The topological polar surface area (TPSA) is 89.5 Å². The number of fused-ring (bicyclic) bond motifs is 1. The molecule has 1 atom stereocenters. The van der Waals surface area contributed by atoms with Crippen LogP contribution >= 0.6 is 23.1 Å². The number of nitrogens with one attached hydrogen (secondary N) is 1. The van der Waals surface area contributed by atoms with Crippen LogP contribution in [0.15, 0.2) is 26.8 Å². The van der Waals surface area contributed by atoms with Gasteiger partial charge in [0.25, 0.3) is 5.56 Å². The number of rotatable bonds is 5. The number of carbonyl (C=O) groups is 1. The van der Waals surface area contributed by atoms with E-state index in [0.29, 0.717) is 28.0 Å². The Hall–Kier alpha value is -2.13. The Balaban J connectivity index is 1.64. The van der Waals surface area contributed by atoms with Crippen molar-refractivity contribution in [2.24, 2.45) is 0 Å². The van der Waals surface area contributed by atoms with Gasteiger partial charge in [-0.25, -0.2) is 4.98 Å². The minimum absolute atomic E-state index is 0.0930. The van der Waals surface area contributed by atoms with Crippen molar-refractivity contribution in [3.05, 3.63) is 45.0 Å².